The quantitative estimate of drug-likeness (QED) is 0.0263. The molecule has 0 aromatic rings. The van der Waals surface area contributed by atoms with Crippen molar-refractivity contribution in [3.05, 3.63) is 72.9 Å². The summed E-state index contributed by atoms with van der Waals surface area (Å²) >= 11 is 0. The molecule has 0 fully saturated rings. The van der Waals surface area contributed by atoms with Crippen LogP contribution in [0, 0.1) is 0 Å². The number of esters is 3. The van der Waals surface area contributed by atoms with E-state index in [0.717, 1.165) is 83.5 Å². The molecule has 0 bridgehead atoms. The van der Waals surface area contributed by atoms with Gasteiger partial charge in [-0.05, 0) is 109 Å². The maximum absolute atomic E-state index is 12.8. The zero-order valence-corrected chi connectivity index (χ0v) is 39.9. The average Bonchev–Trinajstić information content (AvgIpc) is 3.26. The molecule has 0 spiro atoms. The summed E-state index contributed by atoms with van der Waals surface area (Å²) in [4.78, 5) is 37.9. The van der Waals surface area contributed by atoms with Gasteiger partial charge in [0.05, 0.1) is 0 Å². The van der Waals surface area contributed by atoms with Crippen molar-refractivity contribution >= 4 is 17.9 Å². The van der Waals surface area contributed by atoms with Gasteiger partial charge < -0.3 is 14.2 Å². The molecule has 0 aliphatic carbocycles. The number of carbonyl (C=O) groups excluding carboxylic acids is 3. The Labute approximate surface area is 376 Å². The smallest absolute Gasteiger partial charge is 0.306 e. The van der Waals surface area contributed by atoms with Crippen LogP contribution in [0.4, 0.5) is 0 Å². The van der Waals surface area contributed by atoms with Crippen molar-refractivity contribution in [2.45, 2.75) is 245 Å². The van der Waals surface area contributed by atoms with E-state index in [2.05, 4.69) is 93.7 Å². The van der Waals surface area contributed by atoms with Crippen molar-refractivity contribution in [1.29, 1.82) is 0 Å². The Balaban J connectivity index is 4.49. The summed E-state index contributed by atoms with van der Waals surface area (Å²) in [5.74, 6) is -0.976. The predicted molar refractivity (Wildman–Crippen MR) is 261 cm³/mol. The van der Waals surface area contributed by atoms with Crippen molar-refractivity contribution in [3.63, 3.8) is 0 Å². The van der Waals surface area contributed by atoms with Gasteiger partial charge in [0.25, 0.3) is 0 Å². The van der Waals surface area contributed by atoms with E-state index in [9.17, 15) is 14.4 Å². The van der Waals surface area contributed by atoms with E-state index in [-0.39, 0.29) is 37.5 Å². The Morgan fingerprint density at radius 3 is 1.03 bits per heavy atom. The normalized spacial score (nSPS) is 12.6. The third-order valence-electron chi connectivity index (χ3n) is 10.7. The summed E-state index contributed by atoms with van der Waals surface area (Å²) in [5, 5.41) is 0. The molecule has 350 valence electrons. The molecule has 6 nitrogen and oxygen atoms in total. The minimum Gasteiger partial charge on any atom is -0.462 e. The largest absolute Gasteiger partial charge is 0.462 e. The molecule has 0 N–H and O–H groups in total. The van der Waals surface area contributed by atoms with Gasteiger partial charge in [-0.1, -0.05) is 184 Å². The minimum atomic E-state index is -0.803. The first kappa shape index (κ1) is 57.9. The summed E-state index contributed by atoms with van der Waals surface area (Å²) in [5.41, 5.74) is 0. The molecule has 1 atom stereocenters. The number of unbranched alkanes of at least 4 members (excludes halogenated alkanes) is 22. The lowest BCUT2D eigenvalue weighted by Crippen LogP contribution is -2.30. The van der Waals surface area contributed by atoms with Crippen LogP contribution in [0.25, 0.3) is 0 Å². The molecule has 61 heavy (non-hydrogen) atoms. The fourth-order valence-electron chi connectivity index (χ4n) is 6.78. The van der Waals surface area contributed by atoms with Crippen LogP contribution in [0.3, 0.4) is 0 Å². The molecule has 0 heterocycles. The van der Waals surface area contributed by atoms with Gasteiger partial charge >= 0.3 is 17.9 Å². The van der Waals surface area contributed by atoms with Gasteiger partial charge in [-0.15, -0.1) is 0 Å². The Kier molecular flexibility index (Phi) is 46.9. The molecule has 6 heteroatoms. The average molecular weight is 851 g/mol. The molecule has 0 aromatic heterocycles. The van der Waals surface area contributed by atoms with Crippen LogP contribution in [0.15, 0.2) is 72.9 Å². The van der Waals surface area contributed by atoms with E-state index in [1.54, 1.807) is 0 Å². The molecule has 0 rings (SSSR count). The summed E-state index contributed by atoms with van der Waals surface area (Å²) in [6.07, 6.45) is 61.7. The summed E-state index contributed by atoms with van der Waals surface area (Å²) < 4.78 is 16.7. The highest BCUT2D eigenvalue weighted by Crippen LogP contribution is 2.13. The number of rotatable bonds is 45. The molecular weight excluding hydrogens is 757 g/mol. The van der Waals surface area contributed by atoms with Crippen molar-refractivity contribution in [2.75, 3.05) is 13.2 Å². The molecule has 0 saturated heterocycles. The lowest BCUT2D eigenvalue weighted by Gasteiger charge is -2.18. The molecule has 0 aromatic carbocycles. The predicted octanol–water partition coefficient (Wildman–Crippen LogP) is 16.6. The van der Waals surface area contributed by atoms with Crippen LogP contribution in [-0.4, -0.2) is 37.2 Å². The van der Waals surface area contributed by atoms with Crippen molar-refractivity contribution in [2.24, 2.45) is 0 Å². The Hall–Kier alpha value is -3.15. The molecule has 0 aliphatic heterocycles. The molecule has 0 unspecified atom stereocenters. The Bertz CT molecular complexity index is 1160. The van der Waals surface area contributed by atoms with E-state index >= 15 is 0 Å². The van der Waals surface area contributed by atoms with Gasteiger partial charge in [0.1, 0.15) is 13.2 Å². The van der Waals surface area contributed by atoms with Gasteiger partial charge in [0, 0.05) is 19.3 Å². The fourth-order valence-corrected chi connectivity index (χ4v) is 6.78. The van der Waals surface area contributed by atoms with Gasteiger partial charge in [-0.2, -0.15) is 0 Å². The SMILES string of the molecule is CCCCC/C=C/C/C=C/C/C=C/C/C=C/CCCC(=O)OC[C@@H](COC(=O)CCCCCCC/C=C/CCCCCC)OC(=O)CCCCCCC/C=C/CCCCCC. The minimum absolute atomic E-state index is 0.100. The second-order valence-electron chi connectivity index (χ2n) is 16.7. The van der Waals surface area contributed by atoms with Gasteiger partial charge in [0.2, 0.25) is 0 Å². The van der Waals surface area contributed by atoms with E-state index in [4.69, 9.17) is 14.2 Å². The standard InChI is InChI=1S/C55H94O6/c1-4-7-10-13-16-19-22-25-26-27-28-31-33-36-39-42-45-48-54(57)60-51-52(61-55(58)49-46-43-40-37-34-30-24-21-18-15-12-9-6-3)50-59-53(56)47-44-41-38-35-32-29-23-20-17-14-11-8-5-2/h16,19-21,23-26,28,31,36,39,52H,4-15,17-18,22,27,29-30,32-35,37-38,40-51H2,1-3H3/b19-16+,23-20+,24-21+,26-25+,31-28+,39-36+/t52-/m1/s1. The lowest BCUT2D eigenvalue weighted by atomic mass is 10.1. The summed E-state index contributed by atoms with van der Waals surface area (Å²) in [6.45, 7) is 6.51. The summed E-state index contributed by atoms with van der Waals surface area (Å²) in [7, 11) is 0. The summed E-state index contributed by atoms with van der Waals surface area (Å²) in [6, 6.07) is 0. The van der Waals surface area contributed by atoms with Crippen LogP contribution in [0.5, 0.6) is 0 Å². The second kappa shape index (κ2) is 49.5. The van der Waals surface area contributed by atoms with Crippen LogP contribution >= 0.6 is 0 Å². The Morgan fingerprint density at radius 1 is 0.328 bits per heavy atom. The number of hydrogen-bond acceptors (Lipinski definition) is 6. The molecule has 0 saturated carbocycles. The Morgan fingerprint density at radius 2 is 0.607 bits per heavy atom. The van der Waals surface area contributed by atoms with Crippen LogP contribution in [0.2, 0.25) is 0 Å². The highest BCUT2D eigenvalue weighted by molar-refractivity contribution is 5.71. The number of carbonyl (C=O) groups is 3. The highest BCUT2D eigenvalue weighted by Gasteiger charge is 2.19. The van der Waals surface area contributed by atoms with Gasteiger partial charge in [0.15, 0.2) is 6.10 Å². The first-order chi connectivity index (χ1) is 30.0. The first-order valence-corrected chi connectivity index (χ1v) is 25.4. The fraction of sp³-hybridized carbons (Fsp3) is 0.727. The second-order valence-corrected chi connectivity index (χ2v) is 16.7. The topological polar surface area (TPSA) is 78.9 Å². The zero-order valence-electron chi connectivity index (χ0n) is 39.9. The van der Waals surface area contributed by atoms with Crippen molar-refractivity contribution in [3.8, 4) is 0 Å². The third-order valence-corrected chi connectivity index (χ3v) is 10.7. The lowest BCUT2D eigenvalue weighted by molar-refractivity contribution is -0.167. The maximum atomic E-state index is 12.8. The van der Waals surface area contributed by atoms with Crippen LogP contribution in [0.1, 0.15) is 239 Å². The van der Waals surface area contributed by atoms with E-state index in [1.165, 1.54) is 109 Å². The van der Waals surface area contributed by atoms with Crippen LogP contribution in [-0.2, 0) is 28.6 Å². The van der Waals surface area contributed by atoms with Gasteiger partial charge in [-0.3, -0.25) is 14.4 Å². The first-order valence-electron chi connectivity index (χ1n) is 25.4. The molecular formula is C55H94O6. The number of allylic oxidation sites excluding steroid dienone is 12. The number of hydrogen-bond donors (Lipinski definition) is 0. The maximum Gasteiger partial charge on any atom is 0.306 e. The van der Waals surface area contributed by atoms with E-state index < -0.39 is 6.10 Å². The number of ether oxygens (including phenoxy) is 3. The molecule has 0 radical (unpaired) electrons. The highest BCUT2D eigenvalue weighted by atomic mass is 16.6. The van der Waals surface area contributed by atoms with Gasteiger partial charge in [-0.25, -0.2) is 0 Å². The zero-order chi connectivity index (χ0) is 44.4. The van der Waals surface area contributed by atoms with E-state index in [0.29, 0.717) is 19.3 Å². The van der Waals surface area contributed by atoms with E-state index in [1.807, 2.05) is 0 Å². The molecule has 0 aliphatic rings. The van der Waals surface area contributed by atoms with Crippen LogP contribution < -0.4 is 0 Å². The van der Waals surface area contributed by atoms with Crippen molar-refractivity contribution < 1.29 is 28.6 Å². The third kappa shape index (κ3) is 47.7. The molecule has 0 amide bonds. The van der Waals surface area contributed by atoms with Crippen molar-refractivity contribution in [1.82, 2.24) is 0 Å². The monoisotopic (exact) mass is 851 g/mol.